The summed E-state index contributed by atoms with van der Waals surface area (Å²) in [7, 11) is 0. The van der Waals surface area contributed by atoms with Crippen LogP contribution in [0.1, 0.15) is 12.8 Å². The van der Waals surface area contributed by atoms with E-state index >= 15 is 0 Å². The van der Waals surface area contributed by atoms with Gasteiger partial charge in [0.1, 0.15) is 6.61 Å². The fourth-order valence-corrected chi connectivity index (χ4v) is 1.43. The Kier molecular flexibility index (Phi) is 5.31. The molecule has 0 spiro atoms. The lowest BCUT2D eigenvalue weighted by atomic mass is 10.4. The maximum absolute atomic E-state index is 11.6. The van der Waals surface area contributed by atoms with Gasteiger partial charge in [-0.15, -0.1) is 0 Å². The van der Waals surface area contributed by atoms with Crippen LogP contribution < -0.4 is 5.32 Å². The Balaban J connectivity index is 1.97. The van der Waals surface area contributed by atoms with Crippen molar-refractivity contribution in [3.8, 4) is 0 Å². The highest BCUT2D eigenvalue weighted by atomic mass is 19.3. The molecule has 1 saturated heterocycles. The highest BCUT2D eigenvalue weighted by Gasteiger charge is 2.16. The maximum atomic E-state index is 11.6. The van der Waals surface area contributed by atoms with Gasteiger partial charge in [-0.3, -0.25) is 0 Å². The van der Waals surface area contributed by atoms with E-state index in [2.05, 4.69) is 10.1 Å². The summed E-state index contributed by atoms with van der Waals surface area (Å²) in [5.74, 6) is 0. The number of nitrogens with one attached hydrogen (secondary N) is 1. The standard InChI is InChI=1S/C9H16F2N2O2/c10-8(11)7-15-6-3-12-9(14)13-4-1-2-5-13/h8H,1-7H2,(H,12,14). The highest BCUT2D eigenvalue weighted by molar-refractivity contribution is 5.74. The monoisotopic (exact) mass is 222 g/mol. The molecule has 0 bridgehead atoms. The molecular weight excluding hydrogens is 206 g/mol. The Bertz CT molecular complexity index is 197. The number of ether oxygens (including phenoxy) is 1. The molecular formula is C9H16F2N2O2. The molecule has 2 amide bonds. The van der Waals surface area contributed by atoms with Crippen LogP contribution in [0.2, 0.25) is 0 Å². The average Bonchev–Trinajstić information content (AvgIpc) is 2.69. The van der Waals surface area contributed by atoms with E-state index in [0.717, 1.165) is 25.9 Å². The minimum atomic E-state index is -2.45. The van der Waals surface area contributed by atoms with Crippen molar-refractivity contribution in [2.45, 2.75) is 19.3 Å². The fourth-order valence-electron chi connectivity index (χ4n) is 1.43. The van der Waals surface area contributed by atoms with Gasteiger partial charge in [0.15, 0.2) is 0 Å². The molecule has 0 radical (unpaired) electrons. The molecule has 0 unspecified atom stereocenters. The third-order valence-corrected chi connectivity index (χ3v) is 2.16. The molecule has 88 valence electrons. The van der Waals surface area contributed by atoms with Crippen LogP contribution in [-0.2, 0) is 4.74 Å². The van der Waals surface area contributed by atoms with Crippen molar-refractivity contribution in [1.82, 2.24) is 10.2 Å². The molecule has 6 heteroatoms. The topological polar surface area (TPSA) is 41.6 Å². The maximum Gasteiger partial charge on any atom is 0.317 e. The molecule has 0 saturated carbocycles. The summed E-state index contributed by atoms with van der Waals surface area (Å²) < 4.78 is 27.9. The second-order valence-electron chi connectivity index (χ2n) is 3.39. The van der Waals surface area contributed by atoms with Gasteiger partial charge in [-0.1, -0.05) is 0 Å². The quantitative estimate of drug-likeness (QED) is 0.707. The predicted octanol–water partition coefficient (Wildman–Crippen LogP) is 1.07. The van der Waals surface area contributed by atoms with Crippen molar-refractivity contribution < 1.29 is 18.3 Å². The number of hydrogen-bond donors (Lipinski definition) is 1. The molecule has 1 N–H and O–H groups in total. The summed E-state index contributed by atoms with van der Waals surface area (Å²) in [6.07, 6.45) is -0.371. The first kappa shape index (κ1) is 12.2. The van der Waals surface area contributed by atoms with Gasteiger partial charge in [0.2, 0.25) is 0 Å². The lowest BCUT2D eigenvalue weighted by Crippen LogP contribution is -2.39. The molecule has 1 rings (SSSR count). The zero-order valence-corrected chi connectivity index (χ0v) is 8.55. The molecule has 0 aliphatic carbocycles. The Labute approximate surface area is 87.6 Å². The number of nitrogens with zero attached hydrogens (tertiary/aromatic N) is 1. The van der Waals surface area contributed by atoms with Gasteiger partial charge in [0.05, 0.1) is 6.61 Å². The minimum Gasteiger partial charge on any atom is -0.374 e. The molecule has 1 aliphatic heterocycles. The number of carbonyl (C=O) groups excluding carboxylic acids is 1. The van der Waals surface area contributed by atoms with E-state index in [1.807, 2.05) is 0 Å². The van der Waals surface area contributed by atoms with Gasteiger partial charge in [-0.2, -0.15) is 0 Å². The summed E-state index contributed by atoms with van der Waals surface area (Å²) in [4.78, 5) is 13.1. The van der Waals surface area contributed by atoms with E-state index in [1.54, 1.807) is 4.90 Å². The number of alkyl halides is 2. The van der Waals surface area contributed by atoms with Crippen LogP contribution in [-0.4, -0.2) is 50.2 Å². The van der Waals surface area contributed by atoms with Gasteiger partial charge in [-0.05, 0) is 12.8 Å². The van der Waals surface area contributed by atoms with Crippen LogP contribution in [0, 0.1) is 0 Å². The van der Waals surface area contributed by atoms with Crippen molar-refractivity contribution in [2.75, 3.05) is 32.8 Å². The van der Waals surface area contributed by atoms with Gasteiger partial charge in [0.25, 0.3) is 6.43 Å². The van der Waals surface area contributed by atoms with E-state index in [0.29, 0.717) is 0 Å². The third-order valence-electron chi connectivity index (χ3n) is 2.16. The summed E-state index contributed by atoms with van der Waals surface area (Å²) >= 11 is 0. The van der Waals surface area contributed by atoms with Gasteiger partial charge < -0.3 is 15.0 Å². The fraction of sp³-hybridized carbons (Fsp3) is 0.889. The second-order valence-corrected chi connectivity index (χ2v) is 3.39. The van der Waals surface area contributed by atoms with E-state index in [9.17, 15) is 13.6 Å². The van der Waals surface area contributed by atoms with Gasteiger partial charge in [0, 0.05) is 19.6 Å². The Morgan fingerprint density at radius 3 is 2.67 bits per heavy atom. The Morgan fingerprint density at radius 2 is 2.07 bits per heavy atom. The molecule has 1 fully saturated rings. The van der Waals surface area contributed by atoms with Crippen LogP contribution in [0.4, 0.5) is 13.6 Å². The lowest BCUT2D eigenvalue weighted by Gasteiger charge is -2.15. The largest absolute Gasteiger partial charge is 0.374 e. The molecule has 0 aromatic rings. The second kappa shape index (κ2) is 6.55. The molecule has 0 aromatic carbocycles. The zero-order valence-electron chi connectivity index (χ0n) is 8.55. The average molecular weight is 222 g/mol. The zero-order chi connectivity index (χ0) is 11.1. The molecule has 0 atom stereocenters. The van der Waals surface area contributed by atoms with Crippen LogP contribution in [0.15, 0.2) is 0 Å². The van der Waals surface area contributed by atoms with E-state index in [1.165, 1.54) is 0 Å². The first-order valence-electron chi connectivity index (χ1n) is 5.09. The van der Waals surface area contributed by atoms with Crippen LogP contribution in [0.3, 0.4) is 0 Å². The Morgan fingerprint density at radius 1 is 1.40 bits per heavy atom. The van der Waals surface area contributed by atoms with E-state index in [-0.39, 0.29) is 19.2 Å². The van der Waals surface area contributed by atoms with Gasteiger partial charge in [-0.25, -0.2) is 13.6 Å². The minimum absolute atomic E-state index is 0.129. The number of carbonyl (C=O) groups is 1. The first-order valence-corrected chi connectivity index (χ1v) is 5.09. The molecule has 1 aliphatic rings. The lowest BCUT2D eigenvalue weighted by molar-refractivity contribution is 0.0191. The summed E-state index contributed by atoms with van der Waals surface area (Å²) in [5.41, 5.74) is 0. The third kappa shape index (κ3) is 4.92. The molecule has 15 heavy (non-hydrogen) atoms. The van der Waals surface area contributed by atoms with E-state index in [4.69, 9.17) is 0 Å². The number of likely N-dealkylation sites (tertiary alicyclic amines) is 1. The van der Waals surface area contributed by atoms with Crippen LogP contribution >= 0.6 is 0 Å². The first-order chi connectivity index (χ1) is 7.20. The molecule has 4 nitrogen and oxygen atoms in total. The normalized spacial score (nSPS) is 16.1. The summed E-state index contributed by atoms with van der Waals surface area (Å²) in [6.45, 7) is 1.40. The van der Waals surface area contributed by atoms with E-state index < -0.39 is 13.0 Å². The van der Waals surface area contributed by atoms with Gasteiger partial charge >= 0.3 is 6.03 Å². The number of rotatable bonds is 5. The predicted molar refractivity (Wildman–Crippen MR) is 51.0 cm³/mol. The molecule has 1 heterocycles. The van der Waals surface area contributed by atoms with Crippen molar-refractivity contribution in [2.24, 2.45) is 0 Å². The van der Waals surface area contributed by atoms with Crippen molar-refractivity contribution in [3.05, 3.63) is 0 Å². The summed E-state index contributed by atoms with van der Waals surface area (Å²) in [6, 6.07) is -0.131. The van der Waals surface area contributed by atoms with Crippen LogP contribution in [0.25, 0.3) is 0 Å². The molecule has 0 aromatic heterocycles. The highest BCUT2D eigenvalue weighted by Crippen LogP contribution is 2.06. The number of hydrogen-bond acceptors (Lipinski definition) is 2. The van der Waals surface area contributed by atoms with Crippen LogP contribution in [0.5, 0.6) is 0 Å². The smallest absolute Gasteiger partial charge is 0.317 e. The SMILES string of the molecule is O=C(NCCOCC(F)F)N1CCCC1. The van der Waals surface area contributed by atoms with Crippen molar-refractivity contribution >= 4 is 6.03 Å². The van der Waals surface area contributed by atoms with Crippen molar-refractivity contribution in [3.63, 3.8) is 0 Å². The Hall–Kier alpha value is -0.910. The number of urea groups is 1. The van der Waals surface area contributed by atoms with Crippen molar-refractivity contribution in [1.29, 1.82) is 0 Å². The summed E-state index contributed by atoms with van der Waals surface area (Å²) in [5, 5.41) is 2.62. The number of halogens is 2. The number of amides is 2.